The molecule has 0 aliphatic rings. The third-order valence-electron chi connectivity index (χ3n) is 3.10. The van der Waals surface area contributed by atoms with E-state index in [0.29, 0.717) is 18.2 Å². The zero-order valence-corrected chi connectivity index (χ0v) is 15.6. The molecular weight excluding hydrogens is 304 g/mol. The molecule has 0 aliphatic heterocycles. The molecule has 0 aromatic rings. The van der Waals surface area contributed by atoms with E-state index in [1.165, 1.54) is 12.8 Å². The highest BCUT2D eigenvalue weighted by Crippen LogP contribution is 2.38. The van der Waals surface area contributed by atoms with Crippen LogP contribution in [0, 0.1) is 0 Å². The summed E-state index contributed by atoms with van der Waals surface area (Å²) in [5.41, 5.74) is 0.960. The first-order valence-electron chi connectivity index (χ1n) is 7.46. The number of likely N-dealkylation sites (N-methyl/N-ethyl adjacent to an activating group) is 1. The number of allylic oxidation sites excluding steroid dienone is 1. The Labute approximate surface area is 137 Å². The Bertz CT molecular complexity index is 323. The van der Waals surface area contributed by atoms with Gasteiger partial charge in [-0.2, -0.15) is 0 Å². The summed E-state index contributed by atoms with van der Waals surface area (Å²) in [5.74, 6) is 0. The molecule has 0 fully saturated rings. The van der Waals surface area contributed by atoms with Crippen LogP contribution in [0.1, 0.15) is 40.0 Å². The lowest BCUT2D eigenvalue weighted by Crippen LogP contribution is -2.30. The summed E-state index contributed by atoms with van der Waals surface area (Å²) in [4.78, 5) is 16.2. The number of aliphatic hydroxyl groups is 1. The fraction of sp³-hybridized carbons (Fsp3) is 0.800. The van der Waals surface area contributed by atoms with Gasteiger partial charge in [0, 0.05) is 42.0 Å². The van der Waals surface area contributed by atoms with Crippen molar-refractivity contribution in [2.24, 2.45) is 0 Å². The molecule has 0 aliphatic carbocycles. The van der Waals surface area contributed by atoms with E-state index in [9.17, 15) is 9.90 Å². The highest BCUT2D eigenvalue weighted by atomic mass is 33.1. The summed E-state index contributed by atoms with van der Waals surface area (Å²) in [5, 5.41) is 9.83. The van der Waals surface area contributed by atoms with Crippen LogP contribution in [0.25, 0.3) is 0 Å². The fourth-order valence-electron chi connectivity index (χ4n) is 1.75. The van der Waals surface area contributed by atoms with Crippen molar-refractivity contribution in [2.45, 2.75) is 45.3 Å². The largest absolute Gasteiger partial charge is 0.396 e. The molecule has 0 aromatic carbocycles. The predicted molar refractivity (Wildman–Crippen MR) is 95.3 cm³/mol. The van der Waals surface area contributed by atoms with Gasteiger partial charge in [-0.3, -0.25) is 4.79 Å². The summed E-state index contributed by atoms with van der Waals surface area (Å²) in [6.07, 6.45) is 3.85. The lowest BCUT2D eigenvalue weighted by Gasteiger charge is -2.23. The first-order valence-corrected chi connectivity index (χ1v) is 9.68. The van der Waals surface area contributed by atoms with Crippen molar-refractivity contribution in [3.05, 3.63) is 10.6 Å². The maximum absolute atomic E-state index is 11.3. The maximum atomic E-state index is 11.3. The van der Waals surface area contributed by atoms with Gasteiger partial charge < -0.3 is 14.9 Å². The van der Waals surface area contributed by atoms with Gasteiger partial charge in [0.05, 0.1) is 0 Å². The van der Waals surface area contributed by atoms with Crippen molar-refractivity contribution >= 4 is 28.0 Å². The molecule has 6 heteroatoms. The maximum Gasteiger partial charge on any atom is 0.213 e. The molecule has 0 saturated carbocycles. The number of hydrogen-bond acceptors (Lipinski definition) is 5. The van der Waals surface area contributed by atoms with Crippen molar-refractivity contribution in [3.8, 4) is 0 Å². The monoisotopic (exact) mass is 334 g/mol. The lowest BCUT2D eigenvalue weighted by atomic mass is 10.3. The Morgan fingerprint density at radius 2 is 2.00 bits per heavy atom. The van der Waals surface area contributed by atoms with Gasteiger partial charge in [-0.15, -0.1) is 0 Å². The van der Waals surface area contributed by atoms with Crippen LogP contribution in [0.5, 0.6) is 0 Å². The quantitative estimate of drug-likeness (QED) is 0.439. The van der Waals surface area contributed by atoms with E-state index in [2.05, 4.69) is 18.7 Å². The average molecular weight is 335 g/mol. The van der Waals surface area contributed by atoms with Crippen LogP contribution in [-0.2, 0) is 4.79 Å². The Kier molecular flexibility index (Phi) is 12.3. The Hall–Kier alpha value is -0.170. The number of carbonyl (C=O) groups excluding carboxylic acids is 1. The summed E-state index contributed by atoms with van der Waals surface area (Å²) >= 11 is 0. The van der Waals surface area contributed by atoms with E-state index >= 15 is 0 Å². The van der Waals surface area contributed by atoms with Crippen molar-refractivity contribution in [3.63, 3.8) is 0 Å². The van der Waals surface area contributed by atoms with Gasteiger partial charge in [0.1, 0.15) is 0 Å². The van der Waals surface area contributed by atoms with Crippen molar-refractivity contribution < 1.29 is 9.90 Å². The van der Waals surface area contributed by atoms with Crippen LogP contribution in [0.15, 0.2) is 10.6 Å². The molecule has 21 heavy (non-hydrogen) atoms. The second-order valence-corrected chi connectivity index (χ2v) is 8.10. The molecule has 0 saturated heterocycles. The molecule has 1 amide bonds. The molecule has 1 unspecified atom stereocenters. The molecule has 124 valence electrons. The number of aliphatic hydroxyl groups excluding tert-OH is 1. The zero-order valence-electron chi connectivity index (χ0n) is 14.0. The normalized spacial score (nSPS) is 14.0. The molecule has 0 spiro atoms. The van der Waals surface area contributed by atoms with Gasteiger partial charge in [0.2, 0.25) is 6.41 Å². The van der Waals surface area contributed by atoms with Crippen LogP contribution < -0.4 is 0 Å². The summed E-state index contributed by atoms with van der Waals surface area (Å²) in [7, 11) is 7.51. The first kappa shape index (κ1) is 20.8. The molecule has 0 rings (SSSR count). The predicted octanol–water partition coefficient (Wildman–Crippen LogP) is 3.19. The number of carbonyl (C=O) groups is 1. The highest BCUT2D eigenvalue weighted by molar-refractivity contribution is 8.78. The van der Waals surface area contributed by atoms with Crippen LogP contribution in [0.2, 0.25) is 0 Å². The first-order chi connectivity index (χ1) is 9.96. The van der Waals surface area contributed by atoms with Gasteiger partial charge in [0.15, 0.2) is 0 Å². The van der Waals surface area contributed by atoms with E-state index in [-0.39, 0.29) is 6.61 Å². The van der Waals surface area contributed by atoms with Crippen LogP contribution in [-0.4, -0.2) is 60.4 Å². The second-order valence-electron chi connectivity index (χ2n) is 5.36. The lowest BCUT2D eigenvalue weighted by molar-refractivity contribution is -0.116. The molecule has 1 N–H and O–H groups in total. The second kappa shape index (κ2) is 12.4. The van der Waals surface area contributed by atoms with E-state index in [1.807, 2.05) is 31.8 Å². The summed E-state index contributed by atoms with van der Waals surface area (Å²) in [6.45, 7) is 7.98. The molecule has 0 radical (unpaired) electrons. The molecule has 0 aromatic heterocycles. The molecule has 0 bridgehead atoms. The Balaban J connectivity index is 4.77. The number of nitrogens with zero attached hydrogens (tertiary/aromatic N) is 2. The van der Waals surface area contributed by atoms with E-state index in [1.54, 1.807) is 15.7 Å². The number of rotatable bonds is 12. The molecule has 4 nitrogen and oxygen atoms in total. The molecule has 1 atom stereocenters. The third-order valence-corrected chi connectivity index (χ3v) is 6.34. The molecular formula is C15H30N2O2S2. The van der Waals surface area contributed by atoms with Crippen molar-refractivity contribution in [2.75, 3.05) is 33.8 Å². The smallest absolute Gasteiger partial charge is 0.213 e. The minimum atomic E-state index is 0.114. The highest BCUT2D eigenvalue weighted by Gasteiger charge is 2.13. The topological polar surface area (TPSA) is 43.8 Å². The SMILES string of the molecule is CCCC(C)SSC(CCO)=C(C)N(C=O)CCN(C)C. The van der Waals surface area contributed by atoms with Crippen LogP contribution in [0.3, 0.4) is 0 Å². The summed E-state index contributed by atoms with van der Waals surface area (Å²) < 4.78 is 0. The Morgan fingerprint density at radius 1 is 1.33 bits per heavy atom. The third kappa shape index (κ3) is 9.45. The van der Waals surface area contributed by atoms with Gasteiger partial charge in [0.25, 0.3) is 0 Å². The molecule has 0 heterocycles. The van der Waals surface area contributed by atoms with E-state index < -0.39 is 0 Å². The zero-order chi connectivity index (χ0) is 16.3. The van der Waals surface area contributed by atoms with Crippen LogP contribution in [0.4, 0.5) is 0 Å². The fourth-order valence-corrected chi connectivity index (χ4v) is 4.51. The summed E-state index contributed by atoms with van der Waals surface area (Å²) in [6, 6.07) is 0. The van der Waals surface area contributed by atoms with E-state index in [0.717, 1.165) is 23.6 Å². The van der Waals surface area contributed by atoms with Crippen molar-refractivity contribution in [1.82, 2.24) is 9.80 Å². The van der Waals surface area contributed by atoms with Crippen molar-refractivity contribution in [1.29, 1.82) is 0 Å². The van der Waals surface area contributed by atoms with E-state index in [4.69, 9.17) is 0 Å². The minimum absolute atomic E-state index is 0.114. The Morgan fingerprint density at radius 3 is 2.48 bits per heavy atom. The average Bonchev–Trinajstić information content (AvgIpc) is 2.43. The van der Waals surface area contributed by atoms with Gasteiger partial charge >= 0.3 is 0 Å². The van der Waals surface area contributed by atoms with Crippen LogP contribution >= 0.6 is 21.6 Å². The van der Waals surface area contributed by atoms with Gasteiger partial charge in [-0.25, -0.2) is 0 Å². The number of amides is 1. The minimum Gasteiger partial charge on any atom is -0.396 e. The standard InChI is InChI=1S/C15H30N2O2S2/c1-6-7-13(2)20-21-15(8-11-18)14(3)17(12-19)10-9-16(4)5/h12-13,18H,6-11H2,1-5H3. The number of hydrogen-bond donors (Lipinski definition) is 1. The van der Waals surface area contributed by atoms with Gasteiger partial charge in [-0.05, 0) is 27.4 Å². The van der Waals surface area contributed by atoms with Gasteiger partial charge in [-0.1, -0.05) is 41.9 Å².